The van der Waals surface area contributed by atoms with Crippen molar-refractivity contribution in [2.45, 2.75) is 31.8 Å². The van der Waals surface area contributed by atoms with Gasteiger partial charge in [-0.05, 0) is 49.1 Å². The number of hydrogen-bond donors (Lipinski definition) is 0. The van der Waals surface area contributed by atoms with Crippen molar-refractivity contribution in [1.29, 1.82) is 0 Å². The van der Waals surface area contributed by atoms with Crippen molar-refractivity contribution in [2.24, 2.45) is 0 Å². The lowest BCUT2D eigenvalue weighted by Gasteiger charge is -2.37. The van der Waals surface area contributed by atoms with Crippen LogP contribution in [-0.2, 0) is 16.0 Å². The molecule has 188 valence electrons. The first-order chi connectivity index (χ1) is 17.1. The Labute approximate surface area is 212 Å². The van der Waals surface area contributed by atoms with Crippen molar-refractivity contribution < 1.29 is 9.53 Å². The maximum absolute atomic E-state index is 12.7. The molecule has 0 radical (unpaired) electrons. The minimum absolute atomic E-state index is 0.199. The number of hydrogen-bond acceptors (Lipinski definition) is 7. The normalized spacial score (nSPS) is 21.5. The Morgan fingerprint density at radius 3 is 2.23 bits per heavy atom. The van der Waals surface area contributed by atoms with Crippen LogP contribution in [0.5, 0.6) is 0 Å². The molecule has 1 aromatic carbocycles. The van der Waals surface area contributed by atoms with Crippen LogP contribution in [0.1, 0.15) is 24.8 Å². The predicted molar refractivity (Wildman–Crippen MR) is 138 cm³/mol. The van der Waals surface area contributed by atoms with Crippen molar-refractivity contribution in [3.05, 3.63) is 47.0 Å². The zero-order valence-corrected chi connectivity index (χ0v) is 21.1. The lowest BCUT2D eigenvalue weighted by molar-refractivity contribution is -0.131. The second kappa shape index (κ2) is 11.5. The van der Waals surface area contributed by atoms with E-state index in [1.54, 1.807) is 0 Å². The molecule has 0 saturated carbocycles. The number of rotatable bonds is 7. The zero-order valence-electron chi connectivity index (χ0n) is 20.3. The number of piperazine rings is 2. The molecular formula is C26H35ClN6O2. The van der Waals surface area contributed by atoms with Crippen LogP contribution >= 0.6 is 11.6 Å². The smallest absolute Gasteiger partial charge is 0.223 e. The number of ether oxygens (including phenoxy) is 1. The van der Waals surface area contributed by atoms with Crippen LogP contribution in [0.15, 0.2) is 36.4 Å². The van der Waals surface area contributed by atoms with E-state index in [0.717, 1.165) is 76.0 Å². The molecule has 9 heteroatoms. The molecule has 4 heterocycles. The summed E-state index contributed by atoms with van der Waals surface area (Å²) in [6.45, 7) is 8.96. The maximum atomic E-state index is 12.7. The van der Waals surface area contributed by atoms with Crippen molar-refractivity contribution in [1.82, 2.24) is 20.0 Å². The second-order valence-electron chi connectivity index (χ2n) is 9.67. The molecule has 8 nitrogen and oxygen atoms in total. The summed E-state index contributed by atoms with van der Waals surface area (Å²) in [6, 6.07) is 11.9. The molecule has 0 spiro atoms. The first-order valence-electron chi connectivity index (χ1n) is 12.8. The van der Waals surface area contributed by atoms with Crippen molar-refractivity contribution in [2.75, 3.05) is 75.3 Å². The third-order valence-corrected chi connectivity index (χ3v) is 7.53. The molecule has 3 aliphatic rings. The summed E-state index contributed by atoms with van der Waals surface area (Å²) in [5.74, 6) is 2.03. The fraction of sp³-hybridized carbons (Fsp3) is 0.577. The minimum Gasteiger partial charge on any atom is -0.377 e. The Hall–Kier alpha value is -2.42. The number of carbonyl (C=O) groups excluding carboxylic acids is 1. The van der Waals surface area contributed by atoms with Gasteiger partial charge >= 0.3 is 0 Å². The van der Waals surface area contributed by atoms with Crippen molar-refractivity contribution >= 4 is 29.1 Å². The number of aryl methyl sites for hydroxylation is 1. The van der Waals surface area contributed by atoms with E-state index in [0.29, 0.717) is 30.6 Å². The highest BCUT2D eigenvalue weighted by Gasteiger charge is 2.25. The molecule has 5 rings (SSSR count). The Morgan fingerprint density at radius 1 is 0.943 bits per heavy atom. The summed E-state index contributed by atoms with van der Waals surface area (Å²) >= 11 is 6.05. The van der Waals surface area contributed by atoms with Gasteiger partial charge in [-0.25, -0.2) is 0 Å². The summed E-state index contributed by atoms with van der Waals surface area (Å²) in [6.07, 6.45) is 4.03. The van der Waals surface area contributed by atoms with Gasteiger partial charge < -0.3 is 19.4 Å². The summed E-state index contributed by atoms with van der Waals surface area (Å²) < 4.78 is 5.78. The average Bonchev–Trinajstić information content (AvgIpc) is 3.41. The molecule has 1 aromatic heterocycles. The maximum Gasteiger partial charge on any atom is 0.223 e. The fourth-order valence-corrected chi connectivity index (χ4v) is 5.39. The summed E-state index contributed by atoms with van der Waals surface area (Å²) in [4.78, 5) is 21.7. The van der Waals surface area contributed by atoms with Crippen LogP contribution in [0.3, 0.4) is 0 Å². The van der Waals surface area contributed by atoms with Crippen molar-refractivity contribution in [3.8, 4) is 0 Å². The topological polar surface area (TPSA) is 65.0 Å². The highest BCUT2D eigenvalue weighted by atomic mass is 35.5. The molecule has 3 aliphatic heterocycles. The van der Waals surface area contributed by atoms with Gasteiger partial charge in [-0.1, -0.05) is 23.7 Å². The Bertz CT molecular complexity index is 968. The van der Waals surface area contributed by atoms with Crippen LogP contribution in [-0.4, -0.2) is 97.5 Å². The number of anilines is 2. The first kappa shape index (κ1) is 24.3. The molecule has 35 heavy (non-hydrogen) atoms. The predicted octanol–water partition coefficient (Wildman–Crippen LogP) is 2.71. The van der Waals surface area contributed by atoms with Gasteiger partial charge in [-0.3, -0.25) is 9.69 Å². The summed E-state index contributed by atoms with van der Waals surface area (Å²) in [5.41, 5.74) is 1.10. The van der Waals surface area contributed by atoms with E-state index in [2.05, 4.69) is 37.0 Å². The SMILES string of the molecule is O=C(CCc1cccc(Cl)c1)N1CCN(c2ccc(N3CCN(CC4CCCO4)CC3)nn2)CC1. The van der Waals surface area contributed by atoms with Crippen LogP contribution in [0, 0.1) is 0 Å². The number of benzene rings is 1. The van der Waals surface area contributed by atoms with Crippen LogP contribution in [0.4, 0.5) is 11.6 Å². The summed E-state index contributed by atoms with van der Waals surface area (Å²) in [5, 5.41) is 9.76. The van der Waals surface area contributed by atoms with Gasteiger partial charge in [0.05, 0.1) is 6.10 Å². The molecule has 1 unspecified atom stereocenters. The standard InChI is InChI=1S/C26H35ClN6O2/c27-22-4-1-3-21(19-22)6-9-26(34)33-16-14-32(15-17-33)25-8-7-24(28-29-25)31-12-10-30(11-13-31)20-23-5-2-18-35-23/h1,3-4,7-8,19,23H,2,5-6,9-18,20H2. The van der Waals surface area contributed by atoms with E-state index in [4.69, 9.17) is 16.3 Å². The lowest BCUT2D eigenvalue weighted by Crippen LogP contribution is -2.49. The summed E-state index contributed by atoms with van der Waals surface area (Å²) in [7, 11) is 0. The molecule has 3 saturated heterocycles. The number of halogens is 1. The lowest BCUT2D eigenvalue weighted by atomic mass is 10.1. The molecule has 1 atom stereocenters. The van der Waals surface area contributed by atoms with Gasteiger partial charge in [-0.15, -0.1) is 10.2 Å². The van der Waals surface area contributed by atoms with Crippen LogP contribution in [0.25, 0.3) is 0 Å². The minimum atomic E-state index is 0.199. The van der Waals surface area contributed by atoms with E-state index in [1.165, 1.54) is 12.8 Å². The van der Waals surface area contributed by atoms with Gasteiger partial charge in [0.25, 0.3) is 0 Å². The first-order valence-corrected chi connectivity index (χ1v) is 13.2. The molecule has 0 aliphatic carbocycles. The Kier molecular flexibility index (Phi) is 8.01. The highest BCUT2D eigenvalue weighted by molar-refractivity contribution is 6.30. The van der Waals surface area contributed by atoms with Gasteiger partial charge in [0.2, 0.25) is 5.91 Å². The third kappa shape index (κ3) is 6.42. The highest BCUT2D eigenvalue weighted by Crippen LogP contribution is 2.20. The molecule has 0 N–H and O–H groups in total. The van der Waals surface area contributed by atoms with E-state index in [9.17, 15) is 4.79 Å². The molecule has 0 bridgehead atoms. The number of amides is 1. The van der Waals surface area contributed by atoms with Gasteiger partial charge in [0.1, 0.15) is 0 Å². The Morgan fingerprint density at radius 2 is 1.63 bits per heavy atom. The van der Waals surface area contributed by atoms with Crippen LogP contribution in [0.2, 0.25) is 5.02 Å². The van der Waals surface area contributed by atoms with Crippen LogP contribution < -0.4 is 9.80 Å². The number of carbonyl (C=O) groups is 1. The van der Waals surface area contributed by atoms with Gasteiger partial charge in [-0.2, -0.15) is 0 Å². The largest absolute Gasteiger partial charge is 0.377 e. The Balaban J connectivity index is 1.05. The van der Waals surface area contributed by atoms with Gasteiger partial charge in [0.15, 0.2) is 11.6 Å². The quantitative estimate of drug-likeness (QED) is 0.581. The zero-order chi connectivity index (χ0) is 24.0. The monoisotopic (exact) mass is 498 g/mol. The average molecular weight is 499 g/mol. The van der Waals surface area contributed by atoms with E-state index < -0.39 is 0 Å². The van der Waals surface area contributed by atoms with E-state index >= 15 is 0 Å². The van der Waals surface area contributed by atoms with E-state index in [1.807, 2.05) is 29.2 Å². The molecule has 1 amide bonds. The molecular weight excluding hydrogens is 464 g/mol. The van der Waals surface area contributed by atoms with Crippen molar-refractivity contribution in [3.63, 3.8) is 0 Å². The fourth-order valence-electron chi connectivity index (χ4n) is 5.18. The number of nitrogens with zero attached hydrogens (tertiary/aromatic N) is 6. The van der Waals surface area contributed by atoms with E-state index in [-0.39, 0.29) is 5.91 Å². The number of aromatic nitrogens is 2. The third-order valence-electron chi connectivity index (χ3n) is 7.29. The second-order valence-corrected chi connectivity index (χ2v) is 10.1. The molecule has 2 aromatic rings. The molecule has 3 fully saturated rings. The van der Waals surface area contributed by atoms with Gasteiger partial charge in [0, 0.05) is 77.0 Å².